The summed E-state index contributed by atoms with van der Waals surface area (Å²) in [5, 5.41) is 1.26. The molecule has 0 amide bonds. The number of H-pyrrole nitrogens is 1. The molecule has 15 heavy (non-hydrogen) atoms. The molecule has 0 aliphatic heterocycles. The molecule has 0 radical (unpaired) electrons. The zero-order valence-electron chi connectivity index (χ0n) is 8.44. The second-order valence-electron chi connectivity index (χ2n) is 4.19. The summed E-state index contributed by atoms with van der Waals surface area (Å²) in [6, 6.07) is 8.80. The van der Waals surface area contributed by atoms with Crippen LogP contribution in [-0.2, 0) is 0 Å². The highest BCUT2D eigenvalue weighted by atomic mass is 35.5. The molecule has 0 unspecified atom stereocenters. The van der Waals surface area contributed by atoms with Gasteiger partial charge in [0.1, 0.15) is 0 Å². The first kappa shape index (κ1) is 10.5. The van der Waals surface area contributed by atoms with Crippen LogP contribution in [0.4, 0.5) is 0 Å². The molecule has 3 rings (SSSR count). The molecule has 2 aromatic rings. The highest BCUT2D eigenvalue weighted by molar-refractivity contribution is 5.85. The summed E-state index contributed by atoms with van der Waals surface area (Å²) in [7, 11) is 0. The van der Waals surface area contributed by atoms with E-state index in [1.807, 2.05) is 6.20 Å². The number of fused-ring (bicyclic) bond motifs is 1. The first-order valence-corrected chi connectivity index (χ1v) is 5.17. The predicted octanol–water partition coefficient (Wildman–Crippen LogP) is 3.00. The fraction of sp³-hybridized carbons (Fsp3) is 0.333. The molecule has 1 aromatic heterocycles. The van der Waals surface area contributed by atoms with Crippen molar-refractivity contribution in [1.82, 2.24) is 4.98 Å². The topological polar surface area (TPSA) is 41.8 Å². The van der Waals surface area contributed by atoms with Crippen LogP contribution in [0.1, 0.15) is 24.4 Å². The van der Waals surface area contributed by atoms with Gasteiger partial charge in [-0.15, -0.1) is 12.4 Å². The van der Waals surface area contributed by atoms with Crippen LogP contribution in [-0.4, -0.2) is 4.98 Å². The van der Waals surface area contributed by atoms with E-state index in [0.29, 0.717) is 0 Å². The van der Waals surface area contributed by atoms with E-state index in [1.165, 1.54) is 29.3 Å². The van der Waals surface area contributed by atoms with Gasteiger partial charge in [-0.1, -0.05) is 12.1 Å². The van der Waals surface area contributed by atoms with E-state index in [1.54, 1.807) is 0 Å². The van der Waals surface area contributed by atoms with E-state index in [4.69, 9.17) is 5.73 Å². The van der Waals surface area contributed by atoms with Crippen molar-refractivity contribution >= 4 is 23.3 Å². The van der Waals surface area contributed by atoms with Crippen LogP contribution in [0.25, 0.3) is 10.9 Å². The Morgan fingerprint density at radius 2 is 2.07 bits per heavy atom. The number of aromatic amines is 1. The van der Waals surface area contributed by atoms with Crippen molar-refractivity contribution in [3.63, 3.8) is 0 Å². The van der Waals surface area contributed by atoms with Gasteiger partial charge in [-0.05, 0) is 41.8 Å². The smallest absolute Gasteiger partial charge is 0.0457 e. The lowest BCUT2D eigenvalue weighted by Crippen LogP contribution is -2.11. The Hall–Kier alpha value is -0.990. The third-order valence-corrected chi connectivity index (χ3v) is 3.09. The van der Waals surface area contributed by atoms with Gasteiger partial charge in [0.2, 0.25) is 0 Å². The van der Waals surface area contributed by atoms with Gasteiger partial charge >= 0.3 is 0 Å². The molecular weight excluding hydrogens is 208 g/mol. The van der Waals surface area contributed by atoms with Gasteiger partial charge in [0.25, 0.3) is 0 Å². The van der Waals surface area contributed by atoms with Crippen LogP contribution in [0.3, 0.4) is 0 Å². The lowest BCUT2D eigenvalue weighted by atomic mass is 10.0. The minimum absolute atomic E-state index is 0. The van der Waals surface area contributed by atoms with Crippen molar-refractivity contribution in [2.75, 3.05) is 0 Å². The Morgan fingerprint density at radius 1 is 1.27 bits per heavy atom. The van der Waals surface area contributed by atoms with Crippen molar-refractivity contribution in [2.24, 2.45) is 11.7 Å². The van der Waals surface area contributed by atoms with Crippen molar-refractivity contribution < 1.29 is 0 Å². The molecule has 0 bridgehead atoms. The van der Waals surface area contributed by atoms with E-state index < -0.39 is 0 Å². The van der Waals surface area contributed by atoms with Gasteiger partial charge in [-0.25, -0.2) is 0 Å². The summed E-state index contributed by atoms with van der Waals surface area (Å²) in [4.78, 5) is 3.22. The number of benzene rings is 1. The quantitative estimate of drug-likeness (QED) is 0.806. The van der Waals surface area contributed by atoms with Crippen LogP contribution >= 0.6 is 12.4 Å². The number of halogens is 1. The van der Waals surface area contributed by atoms with E-state index in [2.05, 4.69) is 29.2 Å². The van der Waals surface area contributed by atoms with Gasteiger partial charge < -0.3 is 10.7 Å². The van der Waals surface area contributed by atoms with Gasteiger partial charge in [0.05, 0.1) is 0 Å². The standard InChI is InChI=1S/C12H14N2.ClH/c13-12(9-2-3-9)10-4-1-8-5-6-14-11(8)7-10;/h1,4-7,9,12,14H,2-3,13H2;1H/t12-;/m0./s1. The third kappa shape index (κ3) is 1.87. The molecule has 1 fully saturated rings. The maximum absolute atomic E-state index is 6.15. The normalized spacial score (nSPS) is 17.4. The highest BCUT2D eigenvalue weighted by Crippen LogP contribution is 2.39. The van der Waals surface area contributed by atoms with E-state index in [9.17, 15) is 0 Å². The molecule has 1 aliphatic carbocycles. The van der Waals surface area contributed by atoms with Crippen molar-refractivity contribution in [3.8, 4) is 0 Å². The number of nitrogens with two attached hydrogens (primary N) is 1. The maximum Gasteiger partial charge on any atom is 0.0457 e. The summed E-state index contributed by atoms with van der Waals surface area (Å²) in [5.41, 5.74) is 8.61. The number of aromatic nitrogens is 1. The molecule has 0 spiro atoms. The third-order valence-electron chi connectivity index (χ3n) is 3.09. The predicted molar refractivity (Wildman–Crippen MR) is 65.2 cm³/mol. The summed E-state index contributed by atoms with van der Waals surface area (Å²) in [6.45, 7) is 0. The number of hydrogen-bond donors (Lipinski definition) is 2. The molecule has 1 saturated carbocycles. The molecule has 0 saturated heterocycles. The van der Waals surface area contributed by atoms with Crippen LogP contribution in [0.2, 0.25) is 0 Å². The first-order valence-electron chi connectivity index (χ1n) is 5.17. The minimum Gasteiger partial charge on any atom is -0.361 e. The van der Waals surface area contributed by atoms with E-state index >= 15 is 0 Å². The SMILES string of the molecule is Cl.N[C@H](c1ccc2cc[nH]c2c1)C1CC1. The highest BCUT2D eigenvalue weighted by Gasteiger charge is 2.29. The monoisotopic (exact) mass is 222 g/mol. The Kier molecular flexibility index (Phi) is 2.72. The molecule has 3 N–H and O–H groups in total. The van der Waals surface area contributed by atoms with Crippen LogP contribution < -0.4 is 5.73 Å². The fourth-order valence-electron chi connectivity index (χ4n) is 2.00. The lowest BCUT2D eigenvalue weighted by Gasteiger charge is -2.10. The van der Waals surface area contributed by atoms with Crippen molar-refractivity contribution in [3.05, 3.63) is 36.0 Å². The lowest BCUT2D eigenvalue weighted by molar-refractivity contribution is 0.634. The average Bonchev–Trinajstić information content (AvgIpc) is 2.95. The molecular formula is C12H15ClN2. The Balaban J connectivity index is 0.000000853. The molecule has 3 heteroatoms. The molecule has 2 nitrogen and oxygen atoms in total. The Labute approximate surface area is 95.3 Å². The second-order valence-corrected chi connectivity index (χ2v) is 4.19. The number of nitrogens with one attached hydrogen (secondary N) is 1. The molecule has 1 atom stereocenters. The van der Waals surface area contributed by atoms with Crippen LogP contribution in [0.15, 0.2) is 30.5 Å². The minimum atomic E-state index is 0. The van der Waals surface area contributed by atoms with E-state index in [-0.39, 0.29) is 18.4 Å². The maximum atomic E-state index is 6.15. The molecule has 1 aliphatic rings. The van der Waals surface area contributed by atoms with Crippen LogP contribution in [0, 0.1) is 5.92 Å². The first-order chi connectivity index (χ1) is 6.84. The summed E-state index contributed by atoms with van der Waals surface area (Å²) < 4.78 is 0. The second kappa shape index (κ2) is 3.87. The summed E-state index contributed by atoms with van der Waals surface area (Å²) in [6.07, 6.45) is 4.56. The van der Waals surface area contributed by atoms with E-state index in [0.717, 1.165) is 5.92 Å². The summed E-state index contributed by atoms with van der Waals surface area (Å²) in [5.74, 6) is 0.724. The van der Waals surface area contributed by atoms with Crippen LogP contribution in [0.5, 0.6) is 0 Å². The van der Waals surface area contributed by atoms with Gasteiger partial charge in [-0.3, -0.25) is 0 Å². The van der Waals surface area contributed by atoms with Crippen molar-refractivity contribution in [2.45, 2.75) is 18.9 Å². The average molecular weight is 223 g/mol. The summed E-state index contributed by atoms with van der Waals surface area (Å²) >= 11 is 0. The molecule has 80 valence electrons. The van der Waals surface area contributed by atoms with Gasteiger partial charge in [0, 0.05) is 17.8 Å². The largest absolute Gasteiger partial charge is 0.361 e. The fourth-order valence-corrected chi connectivity index (χ4v) is 2.00. The Morgan fingerprint density at radius 3 is 2.80 bits per heavy atom. The zero-order chi connectivity index (χ0) is 9.54. The molecule has 1 heterocycles. The zero-order valence-corrected chi connectivity index (χ0v) is 9.26. The molecule has 1 aromatic carbocycles. The Bertz CT molecular complexity index is 459. The number of rotatable bonds is 2. The number of hydrogen-bond acceptors (Lipinski definition) is 1. The van der Waals surface area contributed by atoms with Gasteiger partial charge in [-0.2, -0.15) is 0 Å². The van der Waals surface area contributed by atoms with Gasteiger partial charge in [0.15, 0.2) is 0 Å². The van der Waals surface area contributed by atoms with Crippen molar-refractivity contribution in [1.29, 1.82) is 0 Å².